The first-order valence-corrected chi connectivity index (χ1v) is 12.5. The van der Waals surface area contributed by atoms with Crippen molar-refractivity contribution in [2.45, 2.75) is 32.2 Å². The van der Waals surface area contributed by atoms with E-state index in [1.165, 1.54) is 38.4 Å². The molecule has 1 aromatic heterocycles. The van der Waals surface area contributed by atoms with Gasteiger partial charge in [-0.25, -0.2) is 9.37 Å². The van der Waals surface area contributed by atoms with Crippen LogP contribution in [0.15, 0.2) is 36.5 Å². The predicted octanol–water partition coefficient (Wildman–Crippen LogP) is 4.33. The van der Waals surface area contributed by atoms with E-state index in [2.05, 4.69) is 31.5 Å². The van der Waals surface area contributed by atoms with E-state index in [4.69, 9.17) is 11.6 Å². The average Bonchev–Trinajstić information content (AvgIpc) is 3.26. The normalized spacial score (nSPS) is 22.1. The standard InChI is InChI=1S/C23H28ClFN4.C3H6O2/c1-27-15-23(16-27)8-7-17(14-23)28-10-12-29(13-11-28)22-18(4-3-9-26-22)21-19(24)5-2-6-20(21)25;1-2-5-3-4/h2-6,9,17H,7-8,10-16H2,1H3;3H,2H2,1H3. The van der Waals surface area contributed by atoms with E-state index in [1.54, 1.807) is 25.3 Å². The Bertz CT molecular complexity index is 957. The third-order valence-electron chi connectivity index (χ3n) is 7.27. The van der Waals surface area contributed by atoms with Crippen LogP contribution in [-0.4, -0.2) is 80.2 Å². The Morgan fingerprint density at radius 1 is 1.21 bits per heavy atom. The summed E-state index contributed by atoms with van der Waals surface area (Å²) in [4.78, 5) is 21.2. The van der Waals surface area contributed by atoms with Crippen molar-refractivity contribution < 1.29 is 13.9 Å². The molecule has 1 unspecified atom stereocenters. The Morgan fingerprint density at radius 2 is 1.97 bits per heavy atom. The van der Waals surface area contributed by atoms with E-state index in [1.807, 2.05) is 12.1 Å². The van der Waals surface area contributed by atoms with Gasteiger partial charge in [-0.2, -0.15) is 0 Å². The maximum absolute atomic E-state index is 14.5. The van der Waals surface area contributed by atoms with Crippen LogP contribution in [0.3, 0.4) is 0 Å². The molecule has 1 aromatic carbocycles. The molecule has 1 aliphatic carbocycles. The fourth-order valence-corrected chi connectivity index (χ4v) is 6.11. The van der Waals surface area contributed by atoms with Crippen molar-refractivity contribution in [1.82, 2.24) is 14.8 Å². The van der Waals surface area contributed by atoms with Crippen LogP contribution in [0.5, 0.6) is 0 Å². The van der Waals surface area contributed by atoms with E-state index in [-0.39, 0.29) is 5.82 Å². The lowest BCUT2D eigenvalue weighted by molar-refractivity contribution is -0.128. The number of halogens is 2. The number of carbonyl (C=O) groups excluding carboxylic acids is 1. The molecule has 1 spiro atoms. The zero-order chi connectivity index (χ0) is 24.1. The topological polar surface area (TPSA) is 48.9 Å². The van der Waals surface area contributed by atoms with Gasteiger partial charge >= 0.3 is 0 Å². The fourth-order valence-electron chi connectivity index (χ4n) is 5.84. The third kappa shape index (κ3) is 5.37. The quantitative estimate of drug-likeness (QED) is 0.584. The summed E-state index contributed by atoms with van der Waals surface area (Å²) >= 11 is 6.34. The Kier molecular flexibility index (Phi) is 8.06. The van der Waals surface area contributed by atoms with E-state index < -0.39 is 0 Å². The van der Waals surface area contributed by atoms with Crippen molar-refractivity contribution in [3.05, 3.63) is 47.4 Å². The first-order chi connectivity index (χ1) is 16.5. The first kappa shape index (κ1) is 24.9. The summed E-state index contributed by atoms with van der Waals surface area (Å²) in [6.45, 7) is 9.11. The van der Waals surface area contributed by atoms with Gasteiger partial charge < -0.3 is 14.5 Å². The molecule has 3 fully saturated rings. The van der Waals surface area contributed by atoms with Crippen LogP contribution in [0.4, 0.5) is 10.2 Å². The molecule has 2 aromatic rings. The second-order valence-electron chi connectivity index (χ2n) is 9.61. The minimum Gasteiger partial charge on any atom is -0.468 e. The maximum atomic E-state index is 14.5. The number of likely N-dealkylation sites (tertiary alicyclic amines) is 1. The molecule has 0 amide bonds. The van der Waals surface area contributed by atoms with Crippen LogP contribution >= 0.6 is 11.6 Å². The zero-order valence-electron chi connectivity index (χ0n) is 20.1. The maximum Gasteiger partial charge on any atom is 0.293 e. The number of ether oxygens (including phenoxy) is 1. The van der Waals surface area contributed by atoms with Gasteiger partial charge in [0.1, 0.15) is 11.6 Å². The fraction of sp³-hybridized carbons (Fsp3) is 0.538. The Labute approximate surface area is 206 Å². The molecule has 8 heteroatoms. The number of anilines is 1. The molecule has 3 aliphatic rings. The van der Waals surface area contributed by atoms with E-state index in [0.29, 0.717) is 29.1 Å². The van der Waals surface area contributed by atoms with Gasteiger partial charge in [-0.15, -0.1) is 0 Å². The summed E-state index contributed by atoms with van der Waals surface area (Å²) < 4.78 is 18.7. The monoisotopic (exact) mass is 488 g/mol. The van der Waals surface area contributed by atoms with Crippen LogP contribution in [0.1, 0.15) is 26.2 Å². The summed E-state index contributed by atoms with van der Waals surface area (Å²) in [5, 5.41) is 0.430. The minimum absolute atomic E-state index is 0.299. The number of carbonyl (C=O) groups is 1. The number of pyridine rings is 1. The first-order valence-electron chi connectivity index (χ1n) is 12.1. The molecule has 6 nitrogen and oxygen atoms in total. The number of aromatic nitrogens is 1. The van der Waals surface area contributed by atoms with Crippen molar-refractivity contribution in [3.63, 3.8) is 0 Å². The SMILES string of the molecule is CCOC=O.CN1CC2(CCC(N3CCN(c4ncccc4-c4c(F)cccc4Cl)CC3)C2)C1. The molecule has 5 rings (SSSR count). The second-order valence-corrected chi connectivity index (χ2v) is 10.0. The highest BCUT2D eigenvalue weighted by molar-refractivity contribution is 6.33. The molecular weight excluding hydrogens is 455 g/mol. The van der Waals surface area contributed by atoms with Gasteiger partial charge in [0.25, 0.3) is 6.47 Å². The summed E-state index contributed by atoms with van der Waals surface area (Å²) in [5.74, 6) is 0.537. The highest BCUT2D eigenvalue weighted by Gasteiger charge is 2.48. The number of rotatable bonds is 5. The van der Waals surface area contributed by atoms with E-state index >= 15 is 0 Å². The van der Waals surface area contributed by atoms with Gasteiger partial charge in [-0.3, -0.25) is 9.69 Å². The van der Waals surface area contributed by atoms with Crippen LogP contribution < -0.4 is 4.90 Å². The second kappa shape index (κ2) is 11.0. The van der Waals surface area contributed by atoms with Crippen molar-refractivity contribution in [2.24, 2.45) is 5.41 Å². The lowest BCUT2D eigenvalue weighted by atomic mass is 9.78. The Balaban J connectivity index is 0.000000499. The smallest absolute Gasteiger partial charge is 0.293 e. The minimum atomic E-state index is -0.299. The Morgan fingerprint density at radius 3 is 2.59 bits per heavy atom. The third-order valence-corrected chi connectivity index (χ3v) is 7.59. The predicted molar refractivity (Wildman–Crippen MR) is 134 cm³/mol. The Hall–Kier alpha value is -2.22. The van der Waals surface area contributed by atoms with E-state index in [0.717, 1.165) is 43.6 Å². The summed E-state index contributed by atoms with van der Waals surface area (Å²) in [7, 11) is 2.23. The van der Waals surface area contributed by atoms with Gasteiger partial charge in [0.15, 0.2) is 0 Å². The molecule has 2 saturated heterocycles. The molecule has 3 heterocycles. The average molecular weight is 489 g/mol. The van der Waals surface area contributed by atoms with Crippen LogP contribution in [-0.2, 0) is 9.53 Å². The molecular formula is C26H34ClFN4O2. The summed E-state index contributed by atoms with van der Waals surface area (Å²) in [5.41, 5.74) is 1.82. The molecule has 1 saturated carbocycles. The van der Waals surface area contributed by atoms with Crippen molar-refractivity contribution in [2.75, 3.05) is 57.8 Å². The lowest BCUT2D eigenvalue weighted by Gasteiger charge is -2.47. The van der Waals surface area contributed by atoms with Crippen LogP contribution in [0.25, 0.3) is 11.1 Å². The molecule has 0 N–H and O–H groups in total. The summed E-state index contributed by atoms with van der Waals surface area (Å²) in [6, 6.07) is 9.34. The van der Waals surface area contributed by atoms with Gasteiger partial charge in [-0.1, -0.05) is 17.7 Å². The highest BCUT2D eigenvalue weighted by atomic mass is 35.5. The van der Waals surface area contributed by atoms with Gasteiger partial charge in [0, 0.05) is 62.6 Å². The zero-order valence-corrected chi connectivity index (χ0v) is 20.8. The van der Waals surface area contributed by atoms with Crippen LogP contribution in [0, 0.1) is 11.2 Å². The molecule has 0 bridgehead atoms. The van der Waals surface area contributed by atoms with Gasteiger partial charge in [0.05, 0.1) is 11.6 Å². The van der Waals surface area contributed by atoms with E-state index in [9.17, 15) is 9.18 Å². The molecule has 1 atom stereocenters. The number of nitrogens with zero attached hydrogens (tertiary/aromatic N) is 4. The number of benzene rings is 1. The number of hydrogen-bond acceptors (Lipinski definition) is 6. The van der Waals surface area contributed by atoms with Gasteiger partial charge in [-0.05, 0) is 62.9 Å². The lowest BCUT2D eigenvalue weighted by Crippen LogP contribution is -2.54. The van der Waals surface area contributed by atoms with Crippen molar-refractivity contribution in [1.29, 1.82) is 0 Å². The number of hydrogen-bond donors (Lipinski definition) is 0. The largest absolute Gasteiger partial charge is 0.468 e. The number of piperazine rings is 1. The van der Waals surface area contributed by atoms with Crippen LogP contribution in [0.2, 0.25) is 5.02 Å². The van der Waals surface area contributed by atoms with Gasteiger partial charge in [0.2, 0.25) is 0 Å². The van der Waals surface area contributed by atoms with Crippen molar-refractivity contribution >= 4 is 23.9 Å². The molecule has 0 radical (unpaired) electrons. The molecule has 2 aliphatic heterocycles. The molecule has 34 heavy (non-hydrogen) atoms. The molecule has 184 valence electrons. The summed E-state index contributed by atoms with van der Waals surface area (Å²) in [6.07, 6.45) is 5.83. The highest BCUT2D eigenvalue weighted by Crippen LogP contribution is 2.46. The van der Waals surface area contributed by atoms with Crippen molar-refractivity contribution in [3.8, 4) is 11.1 Å².